The predicted octanol–water partition coefficient (Wildman–Crippen LogP) is 2.07. The summed E-state index contributed by atoms with van der Waals surface area (Å²) in [6.07, 6.45) is 4.76. The van der Waals surface area contributed by atoms with Crippen molar-refractivity contribution in [2.24, 2.45) is 11.8 Å². The lowest BCUT2D eigenvalue weighted by Crippen LogP contribution is -2.36. The molecule has 104 valence electrons. The van der Waals surface area contributed by atoms with Gasteiger partial charge in [0.2, 0.25) is 5.91 Å². The Bertz CT molecular complexity index is 401. The van der Waals surface area contributed by atoms with Crippen LogP contribution in [0.25, 0.3) is 0 Å². The molecule has 0 radical (unpaired) electrons. The number of rotatable bonds is 4. The van der Waals surface area contributed by atoms with Gasteiger partial charge in [0, 0.05) is 19.7 Å². The molecule has 2 rings (SSSR count). The highest BCUT2D eigenvalue weighted by Crippen LogP contribution is 2.23. The number of carbonyl (C=O) groups excluding carboxylic acids is 1. The topological polar surface area (TPSA) is 45.2 Å². The van der Waals surface area contributed by atoms with Gasteiger partial charge in [-0.05, 0) is 49.9 Å². The zero-order valence-electron chi connectivity index (χ0n) is 11.8. The molecule has 1 aromatic rings. The number of carbonyl (C=O) groups is 1. The number of aromatic nitrogens is 1. The van der Waals surface area contributed by atoms with E-state index >= 15 is 0 Å². The van der Waals surface area contributed by atoms with Gasteiger partial charge in [-0.3, -0.25) is 9.69 Å². The maximum atomic E-state index is 12.3. The van der Waals surface area contributed by atoms with Crippen molar-refractivity contribution in [2.45, 2.75) is 26.2 Å². The van der Waals surface area contributed by atoms with Gasteiger partial charge in [-0.1, -0.05) is 13.0 Å². The van der Waals surface area contributed by atoms with Gasteiger partial charge in [0.25, 0.3) is 0 Å². The number of piperidine rings is 1. The molecule has 2 unspecified atom stereocenters. The first-order valence-corrected chi connectivity index (χ1v) is 7.07. The second-order valence-corrected chi connectivity index (χ2v) is 5.43. The zero-order chi connectivity index (χ0) is 13.7. The van der Waals surface area contributed by atoms with E-state index in [0.29, 0.717) is 18.3 Å². The first kappa shape index (κ1) is 14.0. The third-order valence-corrected chi connectivity index (χ3v) is 4.00. The molecule has 1 fully saturated rings. The van der Waals surface area contributed by atoms with Crippen LogP contribution in [0.3, 0.4) is 0 Å². The molecule has 0 spiro atoms. The third kappa shape index (κ3) is 3.77. The molecule has 4 nitrogen and oxygen atoms in total. The molecule has 19 heavy (non-hydrogen) atoms. The molecule has 0 aliphatic carbocycles. The first-order valence-electron chi connectivity index (χ1n) is 7.07. The van der Waals surface area contributed by atoms with Crippen LogP contribution >= 0.6 is 0 Å². The van der Waals surface area contributed by atoms with Crippen LogP contribution in [-0.2, 0) is 4.79 Å². The van der Waals surface area contributed by atoms with E-state index in [0.717, 1.165) is 18.9 Å². The first-order chi connectivity index (χ1) is 9.18. The Labute approximate surface area is 115 Å². The normalized spacial score (nSPS) is 20.8. The molecule has 0 bridgehead atoms. The monoisotopic (exact) mass is 261 g/mol. The largest absolute Gasteiger partial charge is 0.316 e. The Hall–Kier alpha value is -1.42. The van der Waals surface area contributed by atoms with Gasteiger partial charge in [-0.25, -0.2) is 4.98 Å². The Balaban J connectivity index is 1.89. The standard InChI is InChI=1S/C15H23N3O/c1-12(13-6-5-8-16-11-13)10-15(19)18(2)14-7-3-4-9-17-14/h3-4,7,9,12-13,16H,5-6,8,10-11H2,1-2H3. The number of hydrogen-bond acceptors (Lipinski definition) is 3. The maximum absolute atomic E-state index is 12.3. The minimum absolute atomic E-state index is 0.150. The molecule has 2 atom stereocenters. The molecule has 4 heteroatoms. The summed E-state index contributed by atoms with van der Waals surface area (Å²) >= 11 is 0. The van der Waals surface area contributed by atoms with Crippen molar-refractivity contribution in [3.63, 3.8) is 0 Å². The Morgan fingerprint density at radius 1 is 1.58 bits per heavy atom. The second-order valence-electron chi connectivity index (χ2n) is 5.43. The molecule has 0 aromatic carbocycles. The van der Waals surface area contributed by atoms with Crippen LogP contribution in [0.2, 0.25) is 0 Å². The summed E-state index contributed by atoms with van der Waals surface area (Å²) in [5.74, 6) is 1.92. The lowest BCUT2D eigenvalue weighted by Gasteiger charge is -2.29. The number of anilines is 1. The minimum atomic E-state index is 0.150. The highest BCUT2D eigenvalue weighted by Gasteiger charge is 2.23. The molecule has 2 heterocycles. The molecule has 1 aliphatic heterocycles. The quantitative estimate of drug-likeness (QED) is 0.902. The number of pyridine rings is 1. The highest BCUT2D eigenvalue weighted by atomic mass is 16.2. The molecule has 1 aromatic heterocycles. The average molecular weight is 261 g/mol. The Kier molecular flexibility index (Phi) is 4.91. The predicted molar refractivity (Wildman–Crippen MR) is 77.0 cm³/mol. The number of nitrogens with one attached hydrogen (secondary N) is 1. The second kappa shape index (κ2) is 6.66. The van der Waals surface area contributed by atoms with E-state index < -0.39 is 0 Å². The van der Waals surface area contributed by atoms with Gasteiger partial charge in [0.05, 0.1) is 0 Å². The van der Waals surface area contributed by atoms with Gasteiger partial charge in [-0.2, -0.15) is 0 Å². The van der Waals surface area contributed by atoms with E-state index in [2.05, 4.69) is 17.2 Å². The molecule has 1 N–H and O–H groups in total. The number of hydrogen-bond donors (Lipinski definition) is 1. The van der Waals surface area contributed by atoms with Crippen molar-refractivity contribution in [2.75, 3.05) is 25.0 Å². The van der Waals surface area contributed by atoms with Crippen molar-refractivity contribution < 1.29 is 4.79 Å². The highest BCUT2D eigenvalue weighted by molar-refractivity contribution is 5.91. The molecule has 1 aliphatic rings. The molecule has 1 amide bonds. The summed E-state index contributed by atoms with van der Waals surface area (Å²) in [4.78, 5) is 18.1. The van der Waals surface area contributed by atoms with E-state index in [-0.39, 0.29) is 5.91 Å². The zero-order valence-corrected chi connectivity index (χ0v) is 11.8. The number of nitrogens with zero attached hydrogens (tertiary/aromatic N) is 2. The average Bonchev–Trinajstić information content (AvgIpc) is 2.48. The minimum Gasteiger partial charge on any atom is -0.316 e. The third-order valence-electron chi connectivity index (χ3n) is 4.00. The lowest BCUT2D eigenvalue weighted by molar-refractivity contribution is -0.119. The maximum Gasteiger partial charge on any atom is 0.228 e. The summed E-state index contributed by atoms with van der Waals surface area (Å²) in [6, 6.07) is 5.63. The van der Waals surface area contributed by atoms with E-state index in [1.54, 1.807) is 18.1 Å². The summed E-state index contributed by atoms with van der Waals surface area (Å²) in [5, 5.41) is 3.41. The summed E-state index contributed by atoms with van der Waals surface area (Å²) in [5.41, 5.74) is 0. The van der Waals surface area contributed by atoms with E-state index in [9.17, 15) is 4.79 Å². The van der Waals surface area contributed by atoms with Crippen LogP contribution in [0.15, 0.2) is 24.4 Å². The summed E-state index contributed by atoms with van der Waals surface area (Å²) < 4.78 is 0. The van der Waals surface area contributed by atoms with Gasteiger partial charge in [0.1, 0.15) is 5.82 Å². The lowest BCUT2D eigenvalue weighted by atomic mass is 9.85. The fraction of sp³-hybridized carbons (Fsp3) is 0.600. The smallest absolute Gasteiger partial charge is 0.228 e. The van der Waals surface area contributed by atoms with Crippen molar-refractivity contribution in [3.8, 4) is 0 Å². The Morgan fingerprint density at radius 2 is 2.42 bits per heavy atom. The molecule has 0 saturated carbocycles. The molecule has 1 saturated heterocycles. The summed E-state index contributed by atoms with van der Waals surface area (Å²) in [7, 11) is 1.80. The van der Waals surface area contributed by atoms with E-state index in [4.69, 9.17) is 0 Å². The summed E-state index contributed by atoms with van der Waals surface area (Å²) in [6.45, 7) is 4.34. The van der Waals surface area contributed by atoms with Crippen molar-refractivity contribution in [1.82, 2.24) is 10.3 Å². The van der Waals surface area contributed by atoms with E-state index in [1.807, 2.05) is 18.2 Å². The van der Waals surface area contributed by atoms with Crippen LogP contribution < -0.4 is 10.2 Å². The van der Waals surface area contributed by atoms with E-state index in [1.165, 1.54) is 12.8 Å². The van der Waals surface area contributed by atoms with Gasteiger partial charge in [-0.15, -0.1) is 0 Å². The van der Waals surface area contributed by atoms with Gasteiger partial charge < -0.3 is 5.32 Å². The van der Waals surface area contributed by atoms with Crippen LogP contribution in [0.1, 0.15) is 26.2 Å². The van der Waals surface area contributed by atoms with Crippen LogP contribution in [0.4, 0.5) is 5.82 Å². The SMILES string of the molecule is CC(CC(=O)N(C)c1ccccn1)C1CCCNC1. The van der Waals surface area contributed by atoms with Crippen molar-refractivity contribution in [1.29, 1.82) is 0 Å². The fourth-order valence-corrected chi connectivity index (χ4v) is 2.62. The Morgan fingerprint density at radius 3 is 3.05 bits per heavy atom. The van der Waals surface area contributed by atoms with Crippen LogP contribution in [0.5, 0.6) is 0 Å². The van der Waals surface area contributed by atoms with Crippen LogP contribution in [-0.4, -0.2) is 31.0 Å². The van der Waals surface area contributed by atoms with Gasteiger partial charge in [0.15, 0.2) is 0 Å². The van der Waals surface area contributed by atoms with Crippen molar-refractivity contribution in [3.05, 3.63) is 24.4 Å². The van der Waals surface area contributed by atoms with Crippen molar-refractivity contribution >= 4 is 11.7 Å². The molecular weight excluding hydrogens is 238 g/mol. The molecular formula is C15H23N3O. The number of amides is 1. The fourth-order valence-electron chi connectivity index (χ4n) is 2.62. The van der Waals surface area contributed by atoms with Gasteiger partial charge >= 0.3 is 0 Å². The van der Waals surface area contributed by atoms with Crippen LogP contribution in [0, 0.1) is 11.8 Å².